The third-order valence-electron chi connectivity index (χ3n) is 4.65. The van der Waals surface area contributed by atoms with E-state index < -0.39 is 0 Å². The molecule has 0 aliphatic heterocycles. The standard InChI is InChI=1S/C13H22N4/c1-2-17-8-7-15-13(17)12(16-14)11-9-5-3-4-6-10(9)11/h7-12,16H,2-6,14H2,1H3. The Morgan fingerprint density at radius 3 is 2.76 bits per heavy atom. The Morgan fingerprint density at radius 1 is 1.47 bits per heavy atom. The van der Waals surface area contributed by atoms with Gasteiger partial charge in [0.25, 0.3) is 0 Å². The van der Waals surface area contributed by atoms with Gasteiger partial charge in [-0.3, -0.25) is 5.84 Å². The van der Waals surface area contributed by atoms with Gasteiger partial charge in [0.2, 0.25) is 0 Å². The minimum atomic E-state index is 0.248. The lowest BCUT2D eigenvalue weighted by Gasteiger charge is -2.17. The van der Waals surface area contributed by atoms with Gasteiger partial charge >= 0.3 is 0 Å². The molecule has 2 saturated carbocycles. The average Bonchev–Trinajstić information content (AvgIpc) is 2.89. The van der Waals surface area contributed by atoms with E-state index in [-0.39, 0.29) is 6.04 Å². The molecule has 4 nitrogen and oxygen atoms in total. The van der Waals surface area contributed by atoms with Crippen LogP contribution in [0.3, 0.4) is 0 Å². The van der Waals surface area contributed by atoms with Crippen molar-refractivity contribution in [2.45, 2.75) is 45.2 Å². The third-order valence-corrected chi connectivity index (χ3v) is 4.65. The number of fused-ring (bicyclic) bond motifs is 1. The van der Waals surface area contributed by atoms with Crippen LogP contribution in [-0.2, 0) is 6.54 Å². The second-order valence-electron chi connectivity index (χ2n) is 5.41. The molecule has 2 fully saturated rings. The van der Waals surface area contributed by atoms with Crippen LogP contribution in [0, 0.1) is 17.8 Å². The monoisotopic (exact) mass is 234 g/mol. The number of hydrogen-bond donors (Lipinski definition) is 2. The maximum absolute atomic E-state index is 5.78. The first-order chi connectivity index (χ1) is 8.36. The lowest BCUT2D eigenvalue weighted by atomic mass is 10.0. The minimum Gasteiger partial charge on any atom is -0.334 e. The number of imidazole rings is 1. The van der Waals surface area contributed by atoms with E-state index in [1.807, 2.05) is 12.4 Å². The van der Waals surface area contributed by atoms with Gasteiger partial charge in [-0.2, -0.15) is 0 Å². The predicted octanol–water partition coefficient (Wildman–Crippen LogP) is 1.84. The number of nitrogens with zero attached hydrogens (tertiary/aromatic N) is 2. The summed E-state index contributed by atoms with van der Waals surface area (Å²) in [6.07, 6.45) is 9.51. The molecular formula is C13H22N4. The molecule has 3 unspecified atom stereocenters. The zero-order chi connectivity index (χ0) is 11.8. The summed E-state index contributed by atoms with van der Waals surface area (Å²) in [4.78, 5) is 4.50. The van der Waals surface area contributed by atoms with Crippen molar-refractivity contribution in [1.29, 1.82) is 0 Å². The highest BCUT2D eigenvalue weighted by atomic mass is 15.3. The largest absolute Gasteiger partial charge is 0.334 e. The fourth-order valence-electron chi connectivity index (χ4n) is 3.77. The van der Waals surface area contributed by atoms with Crippen LogP contribution in [0.2, 0.25) is 0 Å². The van der Waals surface area contributed by atoms with E-state index >= 15 is 0 Å². The smallest absolute Gasteiger partial charge is 0.127 e. The Bertz CT molecular complexity index is 375. The predicted molar refractivity (Wildman–Crippen MR) is 66.9 cm³/mol. The van der Waals surface area contributed by atoms with Gasteiger partial charge < -0.3 is 4.57 Å². The quantitative estimate of drug-likeness (QED) is 0.617. The van der Waals surface area contributed by atoms with E-state index in [4.69, 9.17) is 5.84 Å². The van der Waals surface area contributed by atoms with Gasteiger partial charge in [-0.15, -0.1) is 0 Å². The van der Waals surface area contributed by atoms with Crippen LogP contribution in [0.5, 0.6) is 0 Å². The molecule has 0 radical (unpaired) electrons. The first-order valence-electron chi connectivity index (χ1n) is 6.84. The molecule has 3 N–H and O–H groups in total. The molecule has 1 aromatic rings. The van der Waals surface area contributed by atoms with Crippen molar-refractivity contribution >= 4 is 0 Å². The molecule has 94 valence electrons. The zero-order valence-corrected chi connectivity index (χ0v) is 10.5. The van der Waals surface area contributed by atoms with Crippen LogP contribution in [0.4, 0.5) is 0 Å². The van der Waals surface area contributed by atoms with Crippen LogP contribution in [0.25, 0.3) is 0 Å². The van der Waals surface area contributed by atoms with Gasteiger partial charge in [0.05, 0.1) is 6.04 Å². The van der Waals surface area contributed by atoms with Crippen LogP contribution < -0.4 is 11.3 Å². The van der Waals surface area contributed by atoms with Crippen molar-refractivity contribution in [3.05, 3.63) is 18.2 Å². The molecule has 3 rings (SSSR count). The molecule has 2 aliphatic rings. The molecule has 0 amide bonds. The molecule has 17 heavy (non-hydrogen) atoms. The van der Waals surface area contributed by atoms with Crippen LogP contribution in [-0.4, -0.2) is 9.55 Å². The summed E-state index contributed by atoms with van der Waals surface area (Å²) >= 11 is 0. The Morgan fingerprint density at radius 2 is 2.18 bits per heavy atom. The highest BCUT2D eigenvalue weighted by Gasteiger charge is 2.55. The summed E-state index contributed by atoms with van der Waals surface area (Å²) in [6.45, 7) is 3.12. The molecule has 1 heterocycles. The van der Waals surface area contributed by atoms with Crippen molar-refractivity contribution in [2.75, 3.05) is 0 Å². The number of nitrogens with one attached hydrogen (secondary N) is 1. The number of hydrogen-bond acceptors (Lipinski definition) is 3. The van der Waals surface area contributed by atoms with Crippen molar-refractivity contribution in [1.82, 2.24) is 15.0 Å². The minimum absolute atomic E-state index is 0.248. The van der Waals surface area contributed by atoms with Crippen molar-refractivity contribution < 1.29 is 0 Å². The summed E-state index contributed by atoms with van der Waals surface area (Å²) in [5.41, 5.74) is 3.01. The fourth-order valence-corrected chi connectivity index (χ4v) is 3.77. The van der Waals surface area contributed by atoms with E-state index in [9.17, 15) is 0 Å². The Hall–Kier alpha value is -0.870. The Balaban J connectivity index is 1.80. The van der Waals surface area contributed by atoms with Crippen molar-refractivity contribution in [2.24, 2.45) is 23.6 Å². The molecule has 0 spiro atoms. The molecule has 0 saturated heterocycles. The van der Waals surface area contributed by atoms with Crippen LogP contribution in [0.15, 0.2) is 12.4 Å². The average molecular weight is 234 g/mol. The third kappa shape index (κ3) is 1.79. The van der Waals surface area contributed by atoms with Crippen molar-refractivity contribution in [3.63, 3.8) is 0 Å². The lowest BCUT2D eigenvalue weighted by Crippen LogP contribution is -2.32. The summed E-state index contributed by atoms with van der Waals surface area (Å²) in [7, 11) is 0. The van der Waals surface area contributed by atoms with E-state index in [1.165, 1.54) is 25.7 Å². The van der Waals surface area contributed by atoms with Gasteiger partial charge in [-0.05, 0) is 37.5 Å². The summed E-state index contributed by atoms with van der Waals surface area (Å²) in [5, 5.41) is 0. The number of aromatic nitrogens is 2. The van der Waals surface area contributed by atoms with Gasteiger partial charge in [0, 0.05) is 18.9 Å². The number of rotatable bonds is 4. The SMILES string of the molecule is CCn1ccnc1C(NN)C1C2CCCCC21. The maximum Gasteiger partial charge on any atom is 0.127 e. The van der Waals surface area contributed by atoms with E-state index in [1.54, 1.807) is 0 Å². The van der Waals surface area contributed by atoms with Gasteiger partial charge in [0.15, 0.2) is 0 Å². The lowest BCUT2D eigenvalue weighted by molar-refractivity contribution is 0.419. The molecule has 4 heteroatoms. The van der Waals surface area contributed by atoms with Gasteiger partial charge in [-0.1, -0.05) is 12.8 Å². The summed E-state index contributed by atoms with van der Waals surface area (Å²) < 4.78 is 2.20. The molecular weight excluding hydrogens is 212 g/mol. The molecule has 0 aromatic carbocycles. The summed E-state index contributed by atoms with van der Waals surface area (Å²) in [6, 6.07) is 0.248. The highest BCUT2D eigenvalue weighted by molar-refractivity contribution is 5.11. The van der Waals surface area contributed by atoms with Crippen LogP contribution >= 0.6 is 0 Å². The molecule has 0 bridgehead atoms. The summed E-state index contributed by atoms with van der Waals surface area (Å²) in [5.74, 6) is 9.41. The van der Waals surface area contributed by atoms with Gasteiger partial charge in [0.1, 0.15) is 5.82 Å². The molecule has 3 atom stereocenters. The normalized spacial score (nSPS) is 33.2. The first-order valence-corrected chi connectivity index (χ1v) is 6.84. The van der Waals surface area contributed by atoms with E-state index in [0.717, 1.165) is 30.1 Å². The highest BCUT2D eigenvalue weighted by Crippen LogP contribution is 2.59. The number of hydrazine groups is 1. The number of aryl methyl sites for hydroxylation is 1. The van der Waals surface area contributed by atoms with E-state index in [2.05, 4.69) is 21.9 Å². The fraction of sp³-hybridized carbons (Fsp3) is 0.769. The zero-order valence-electron chi connectivity index (χ0n) is 10.5. The van der Waals surface area contributed by atoms with Crippen LogP contribution in [0.1, 0.15) is 44.5 Å². The van der Waals surface area contributed by atoms with E-state index in [0.29, 0.717) is 0 Å². The van der Waals surface area contributed by atoms with Crippen molar-refractivity contribution in [3.8, 4) is 0 Å². The van der Waals surface area contributed by atoms with Gasteiger partial charge in [-0.25, -0.2) is 10.4 Å². The Kier molecular flexibility index (Phi) is 2.92. The maximum atomic E-state index is 5.78. The number of nitrogens with two attached hydrogens (primary N) is 1. The molecule has 2 aliphatic carbocycles. The first kappa shape index (κ1) is 11.2. The molecule has 1 aromatic heterocycles. The topological polar surface area (TPSA) is 55.9 Å². The Labute approximate surface area is 103 Å². The second-order valence-corrected chi connectivity index (χ2v) is 5.41. The second kappa shape index (κ2) is 4.42.